The van der Waals surface area contributed by atoms with Gasteiger partial charge in [0.1, 0.15) is 22.0 Å². The molecule has 29 heteroatoms. The molecule has 0 saturated heterocycles. The van der Waals surface area contributed by atoms with Gasteiger partial charge in [0.05, 0.1) is 16.8 Å². The van der Waals surface area contributed by atoms with E-state index in [0.717, 1.165) is 88.1 Å². The van der Waals surface area contributed by atoms with Crippen molar-refractivity contribution >= 4 is 118 Å². The predicted molar refractivity (Wildman–Crippen MR) is 413 cm³/mol. The van der Waals surface area contributed by atoms with Crippen LogP contribution in [0, 0.1) is 47.5 Å². The van der Waals surface area contributed by atoms with E-state index in [1.165, 1.54) is 63.6 Å². The number of nitrogens with zero attached hydrogens (tertiary/aromatic N) is 8. The van der Waals surface area contributed by atoms with Gasteiger partial charge in [-0.15, -0.1) is 0 Å². The number of halogens is 10. The molecule has 9 aromatic heterocycles. The minimum atomic E-state index is -4.30. The van der Waals surface area contributed by atoms with Gasteiger partial charge in [-0.2, -0.15) is 85.6 Å². The summed E-state index contributed by atoms with van der Waals surface area (Å²) in [6.07, 6.45) is 25.6. The fourth-order valence-electron chi connectivity index (χ4n) is 6.63. The predicted octanol–water partition coefficient (Wildman–Crippen LogP) is 24.2. The van der Waals surface area contributed by atoms with E-state index in [1.807, 2.05) is 48.5 Å². The third-order valence-corrected chi connectivity index (χ3v) is 13.2. The summed E-state index contributed by atoms with van der Waals surface area (Å²) in [5.74, 6) is 1.65. The number of nitrogens with one attached hydrogen (secondary N) is 2. The van der Waals surface area contributed by atoms with Gasteiger partial charge in [0.25, 0.3) is 5.56 Å². The van der Waals surface area contributed by atoms with Gasteiger partial charge in [0.2, 0.25) is 0 Å². The molecule has 9 aromatic rings. The molecule has 2 aliphatic rings. The summed E-state index contributed by atoms with van der Waals surface area (Å²) in [4.78, 5) is 47.6. The zero-order valence-electron chi connectivity index (χ0n) is 61.0. The second-order valence-corrected chi connectivity index (χ2v) is 29.4. The Balaban J connectivity index is -0.000000369. The van der Waals surface area contributed by atoms with Crippen molar-refractivity contribution in [2.24, 2.45) is 5.73 Å². The number of aromatic amines is 1. The van der Waals surface area contributed by atoms with E-state index in [1.54, 1.807) is 98.6 Å². The number of aromatic nitrogens is 9. The fourth-order valence-corrected chi connectivity index (χ4v) is 6.90. The van der Waals surface area contributed by atoms with Crippen LogP contribution in [0.1, 0.15) is 165 Å². The van der Waals surface area contributed by atoms with E-state index in [0.29, 0.717) is 21.6 Å². The molecule has 0 atom stereocenters. The summed E-state index contributed by atoms with van der Waals surface area (Å²) >= 11 is 21.5. The number of rotatable bonds is 11. The van der Waals surface area contributed by atoms with E-state index in [9.17, 15) is 35.7 Å². The van der Waals surface area contributed by atoms with E-state index < -0.39 is 28.6 Å². The number of unbranched alkanes of at least 4 members (excludes halogenated alkanes) is 6. The summed E-state index contributed by atoms with van der Waals surface area (Å²) in [6.45, 7) is 40.6. The molecule has 11 rings (SSSR count). The van der Waals surface area contributed by atoms with Gasteiger partial charge in [-0.25, -0.2) is 9.97 Å². The van der Waals surface area contributed by atoms with E-state index in [2.05, 4.69) is 188 Å². The maximum absolute atomic E-state index is 13.3. The Morgan fingerprint density at radius 3 is 1.11 bits per heavy atom. The molecule has 0 amide bonds. The number of hydrogen-bond acceptors (Lipinski definition) is 13. The standard InChI is InChI=1S/C17H13F3N4.C13H8ClN3.C13H9N3O.C4H6F3N.7C4H9.Cl3OP.Na.O.Pd.2Pt/c18-17(19,20)16(4-5-16)24-15-13-3-8-22-10-12(13)9-14(23-15)11-1-6-21-7-2-11;14-13-11-3-6-16-8-10(11)7-12(17-13)9-1-4-15-5-2-9;17-13-11-3-6-15-8-10(11)7-12(16-13)9-1-4-14-5-2-9;5-4(6,7)3(8)1-2-3;1-4(2)3;6*1-3-4-2;1-5(2,3)4;;;;;/h1-3,6-10H,4-5H2,(H,23,24);1-8H;1-8H,(H,16,17);1-2,8H2;1-3H3;6*1,3-4H2,2H3;;;;;;/q;;;;7*-1;;;;;;. The zero-order valence-corrected chi connectivity index (χ0v) is 73.0. The first-order valence-electron chi connectivity index (χ1n) is 32.7. The molecule has 1 radical (unpaired) electrons. The topological polar surface area (TPSA) is 208 Å². The van der Waals surface area contributed by atoms with Gasteiger partial charge >= 0.3 is 40.2 Å². The summed E-state index contributed by atoms with van der Waals surface area (Å²) in [5, 5.41) is 4.67. The summed E-state index contributed by atoms with van der Waals surface area (Å²) < 4.78 is 92.0. The van der Waals surface area contributed by atoms with Crippen LogP contribution in [0.3, 0.4) is 0 Å². The number of nitrogens with two attached hydrogens (primary N) is 1. The minimum Gasteiger partial charge on any atom is 0 e. The molecule has 0 bridgehead atoms. The van der Waals surface area contributed by atoms with Crippen LogP contribution >= 0.6 is 50.5 Å². The van der Waals surface area contributed by atoms with Gasteiger partial charge in [0.15, 0.2) is 0 Å². The van der Waals surface area contributed by atoms with Crippen molar-refractivity contribution in [3.8, 4) is 33.8 Å². The van der Waals surface area contributed by atoms with Crippen molar-refractivity contribution in [1.82, 2.24) is 44.9 Å². The number of H-pyrrole nitrogens is 1. The van der Waals surface area contributed by atoms with E-state index in [4.69, 9.17) is 20.8 Å². The van der Waals surface area contributed by atoms with Crippen molar-refractivity contribution in [2.45, 2.75) is 188 Å². The van der Waals surface area contributed by atoms with Crippen molar-refractivity contribution in [3.63, 3.8) is 0 Å². The molecule has 0 spiro atoms. The Morgan fingerprint density at radius 1 is 0.519 bits per heavy atom. The Kier molecular flexibility index (Phi) is 65.3. The van der Waals surface area contributed by atoms with Crippen molar-refractivity contribution in [1.29, 1.82) is 0 Å². The number of anilines is 1. The Bertz CT molecular complexity index is 3660. The molecule has 0 aliphatic heterocycles. The van der Waals surface area contributed by atoms with Crippen LogP contribution in [-0.2, 0) is 69.3 Å². The smallest absolute Gasteiger partial charge is 0 e. The van der Waals surface area contributed by atoms with Crippen LogP contribution in [0.4, 0.5) is 32.2 Å². The molecular formula is C75H99Cl4F6N11NaO3PPdPt2-7. The molecule has 104 heavy (non-hydrogen) atoms. The first kappa shape index (κ1) is 109. The quantitative estimate of drug-likeness (QED) is 0.0362. The number of alkyl halides is 6. The minimum absolute atomic E-state index is 0. The molecule has 2 aliphatic carbocycles. The summed E-state index contributed by atoms with van der Waals surface area (Å²) in [7, 11) is 0. The average molecular weight is 2010 g/mol. The largest absolute Gasteiger partial charge is 0 e. The molecule has 0 aromatic carbocycles. The molecule has 9 heterocycles. The normalized spacial score (nSPS) is 11.9. The fraction of sp³-hybridized carbons (Fsp3) is 0.387. The first-order chi connectivity index (χ1) is 47.8. The van der Waals surface area contributed by atoms with Gasteiger partial charge in [0, 0.05) is 195 Å². The molecule has 14 nitrogen and oxygen atoms in total. The number of hydrogen-bond donors (Lipinski definition) is 3. The molecule has 2 fully saturated rings. The number of pyridine rings is 9. The van der Waals surface area contributed by atoms with Crippen LogP contribution in [0.15, 0.2) is 152 Å². The summed E-state index contributed by atoms with van der Waals surface area (Å²) in [6, 6.07) is 22.0. The molecule has 4 N–H and O–H groups in total. The van der Waals surface area contributed by atoms with Crippen molar-refractivity contribution in [3.05, 3.63) is 210 Å². The monoisotopic (exact) mass is 2010 g/mol. The molecule has 0 unspecified atom stereocenters. The van der Waals surface area contributed by atoms with Crippen molar-refractivity contribution in [2.75, 3.05) is 5.32 Å². The van der Waals surface area contributed by atoms with Gasteiger partial charge in [-0.05, 0) is 132 Å². The first-order valence-corrected chi connectivity index (χ1v) is 38.2. The Morgan fingerprint density at radius 2 is 0.808 bits per heavy atom. The van der Waals surface area contributed by atoms with Crippen LogP contribution in [0.2, 0.25) is 5.15 Å². The zero-order chi connectivity index (χ0) is 77.1. The third kappa shape index (κ3) is 47.4. The van der Waals surface area contributed by atoms with Gasteiger partial charge in [-0.3, -0.25) is 39.3 Å². The van der Waals surface area contributed by atoms with E-state index >= 15 is 0 Å². The van der Waals surface area contributed by atoms with Crippen LogP contribution in [0.5, 0.6) is 0 Å². The SMILES string of the molecule is C[C-](C)C.Clc1nc(-c2ccncc2)cc2cnccc12.FC(F)(F)C1(Nc2nc(-c3ccncc3)cc3cnccc23)CC1.NC1(C(F)(F)F)CC1.O=P(Cl)(Cl)Cl.O=c1[nH]c(-c2ccncc2)cc2cnccc12.[CH2-]CCC.[CH2-]CCC.[CH2-]CCC.[CH2-]CCC.[CH2-]CCC.[CH2-]CCC.[Na].[O]=[Pd].[Pt].[Pt]. The van der Waals surface area contributed by atoms with Crippen molar-refractivity contribution < 1.29 is 95.7 Å². The van der Waals surface area contributed by atoms with Crippen LogP contribution in [-0.4, -0.2) is 97.8 Å². The van der Waals surface area contributed by atoms with Gasteiger partial charge < -0.3 is 63.5 Å². The maximum atomic E-state index is 13.3. The third-order valence-electron chi connectivity index (χ3n) is 12.9. The molecule has 2 saturated carbocycles. The van der Waals surface area contributed by atoms with Crippen LogP contribution < -0.4 is 16.6 Å². The van der Waals surface area contributed by atoms with Gasteiger partial charge in [-0.1, -0.05) is 91.7 Å². The van der Waals surface area contributed by atoms with Crippen LogP contribution in [0.25, 0.3) is 66.1 Å². The van der Waals surface area contributed by atoms with E-state index in [-0.39, 0.29) is 109 Å². The second-order valence-electron chi connectivity index (χ2n) is 22.4. The molecular weight excluding hydrogens is 1910 g/mol. The Labute approximate surface area is 695 Å². The number of fused-ring (bicyclic) bond motifs is 3. The average Bonchev–Trinajstić information content (AvgIpc) is 1.57. The Hall–Kier alpha value is -3.50. The molecule has 585 valence electrons. The second kappa shape index (κ2) is 62.3. The summed E-state index contributed by atoms with van der Waals surface area (Å²) in [5.41, 5.74) is 5.92. The maximum Gasteiger partial charge on any atom is 0 e.